The molecule has 1 aliphatic rings. The van der Waals surface area contributed by atoms with Crippen LogP contribution in [-0.4, -0.2) is 42.2 Å². The molecule has 1 aromatic rings. The Labute approximate surface area is 106 Å². The van der Waals surface area contributed by atoms with Gasteiger partial charge in [-0.25, -0.2) is 4.98 Å². The van der Waals surface area contributed by atoms with E-state index in [1.54, 1.807) is 6.20 Å². The number of aromatic nitrogens is 2. The lowest BCUT2D eigenvalue weighted by Gasteiger charge is -2.09. The first-order valence-corrected chi connectivity index (χ1v) is 6.21. The third kappa shape index (κ3) is 3.40. The molecule has 0 aromatic carbocycles. The van der Waals surface area contributed by atoms with E-state index >= 15 is 0 Å². The monoisotopic (exact) mass is 250 g/mol. The Balaban J connectivity index is 1.89. The number of rotatable bonds is 5. The van der Waals surface area contributed by atoms with Gasteiger partial charge in [-0.1, -0.05) is 0 Å². The Kier molecular flexibility index (Phi) is 4.46. The van der Waals surface area contributed by atoms with Gasteiger partial charge >= 0.3 is 0 Å². The van der Waals surface area contributed by atoms with Crippen LogP contribution in [-0.2, 0) is 4.74 Å². The van der Waals surface area contributed by atoms with Gasteiger partial charge in [-0.15, -0.1) is 0 Å². The van der Waals surface area contributed by atoms with Gasteiger partial charge in [0.15, 0.2) is 0 Å². The number of hydrogen-bond acceptors (Lipinski definition) is 5. The van der Waals surface area contributed by atoms with Gasteiger partial charge < -0.3 is 15.4 Å². The maximum Gasteiger partial charge on any atom is 0.271 e. The second-order valence-corrected chi connectivity index (χ2v) is 4.26. The molecule has 0 aliphatic carbocycles. The molecule has 1 atom stereocenters. The van der Waals surface area contributed by atoms with Crippen LogP contribution in [0.2, 0.25) is 0 Å². The van der Waals surface area contributed by atoms with Crippen LogP contribution in [0.4, 0.5) is 5.82 Å². The fourth-order valence-electron chi connectivity index (χ4n) is 1.81. The van der Waals surface area contributed by atoms with E-state index < -0.39 is 0 Å². The molecule has 1 saturated heterocycles. The number of nitrogens with one attached hydrogen (secondary N) is 2. The summed E-state index contributed by atoms with van der Waals surface area (Å²) >= 11 is 0. The smallest absolute Gasteiger partial charge is 0.271 e. The summed E-state index contributed by atoms with van der Waals surface area (Å²) in [6.07, 6.45) is 4.08. The lowest BCUT2D eigenvalue weighted by molar-refractivity contribution is 0.0939. The zero-order chi connectivity index (χ0) is 12.8. The number of amides is 1. The second-order valence-electron chi connectivity index (χ2n) is 4.26. The highest BCUT2D eigenvalue weighted by Crippen LogP contribution is 2.10. The summed E-state index contributed by atoms with van der Waals surface area (Å²) in [6.45, 7) is 4.86. The normalized spacial score (nSPS) is 18.6. The highest BCUT2D eigenvalue weighted by atomic mass is 16.5. The van der Waals surface area contributed by atoms with Gasteiger partial charge in [-0.3, -0.25) is 9.78 Å². The minimum absolute atomic E-state index is 0.186. The summed E-state index contributed by atoms with van der Waals surface area (Å²) in [5.41, 5.74) is 0.340. The Hall–Kier alpha value is -1.69. The molecule has 0 spiro atoms. The molecule has 0 saturated carbocycles. The van der Waals surface area contributed by atoms with E-state index in [2.05, 4.69) is 20.6 Å². The van der Waals surface area contributed by atoms with Crippen molar-refractivity contribution < 1.29 is 9.53 Å². The van der Waals surface area contributed by atoms with Crippen LogP contribution in [0.25, 0.3) is 0 Å². The third-order valence-corrected chi connectivity index (χ3v) is 2.80. The number of anilines is 1. The molecule has 0 radical (unpaired) electrons. The number of hydrogen-bond donors (Lipinski definition) is 2. The van der Waals surface area contributed by atoms with Crippen LogP contribution in [0, 0.1) is 5.92 Å². The molecule has 6 heteroatoms. The molecule has 1 aromatic heterocycles. The van der Waals surface area contributed by atoms with Gasteiger partial charge in [0.1, 0.15) is 11.5 Å². The van der Waals surface area contributed by atoms with Crippen LogP contribution in [0.3, 0.4) is 0 Å². The van der Waals surface area contributed by atoms with Crippen molar-refractivity contribution in [2.24, 2.45) is 5.92 Å². The predicted molar refractivity (Wildman–Crippen MR) is 67.5 cm³/mol. The first-order chi connectivity index (χ1) is 8.79. The summed E-state index contributed by atoms with van der Waals surface area (Å²) in [4.78, 5) is 20.1. The van der Waals surface area contributed by atoms with E-state index in [1.165, 1.54) is 6.20 Å². The number of carbonyl (C=O) groups excluding carboxylic acids is 1. The largest absolute Gasteiger partial charge is 0.381 e. The predicted octanol–water partition coefficient (Wildman–Crippen LogP) is 0.675. The summed E-state index contributed by atoms with van der Waals surface area (Å²) in [5.74, 6) is 0.849. The van der Waals surface area contributed by atoms with E-state index in [0.717, 1.165) is 26.2 Å². The van der Waals surface area contributed by atoms with Crippen molar-refractivity contribution in [1.82, 2.24) is 15.3 Å². The van der Waals surface area contributed by atoms with E-state index in [0.29, 0.717) is 24.0 Å². The fraction of sp³-hybridized carbons (Fsp3) is 0.583. The molecule has 0 bridgehead atoms. The Bertz CT molecular complexity index is 405. The van der Waals surface area contributed by atoms with Gasteiger partial charge in [-0.05, 0) is 13.3 Å². The molecular weight excluding hydrogens is 232 g/mol. The molecule has 2 heterocycles. The molecule has 2 N–H and O–H groups in total. The summed E-state index contributed by atoms with van der Waals surface area (Å²) < 4.78 is 5.26. The standard InChI is InChI=1S/C12H18N4O2/c1-2-14-11-7-13-6-10(16-11)12(17)15-5-9-3-4-18-8-9/h6-7,9H,2-5,8H2,1H3,(H,14,16)(H,15,17). The van der Waals surface area contributed by atoms with Crippen molar-refractivity contribution in [3.05, 3.63) is 18.1 Å². The summed E-state index contributed by atoms with van der Waals surface area (Å²) in [7, 11) is 0. The molecule has 1 unspecified atom stereocenters. The van der Waals surface area contributed by atoms with Crippen LogP contribution >= 0.6 is 0 Å². The zero-order valence-corrected chi connectivity index (χ0v) is 10.5. The van der Waals surface area contributed by atoms with Gasteiger partial charge in [0.05, 0.1) is 19.0 Å². The van der Waals surface area contributed by atoms with Crippen molar-refractivity contribution in [1.29, 1.82) is 0 Å². The van der Waals surface area contributed by atoms with Crippen molar-refractivity contribution in [2.45, 2.75) is 13.3 Å². The van der Waals surface area contributed by atoms with Gasteiger partial charge in [-0.2, -0.15) is 0 Å². The molecule has 18 heavy (non-hydrogen) atoms. The fourth-order valence-corrected chi connectivity index (χ4v) is 1.81. The van der Waals surface area contributed by atoms with Crippen LogP contribution < -0.4 is 10.6 Å². The Morgan fingerprint density at radius 2 is 2.44 bits per heavy atom. The van der Waals surface area contributed by atoms with E-state index in [1.807, 2.05) is 6.92 Å². The van der Waals surface area contributed by atoms with Crippen LogP contribution in [0.5, 0.6) is 0 Å². The van der Waals surface area contributed by atoms with Crippen molar-refractivity contribution in [2.75, 3.05) is 31.6 Å². The first kappa shape index (κ1) is 12.8. The van der Waals surface area contributed by atoms with E-state index in [-0.39, 0.29) is 5.91 Å². The minimum Gasteiger partial charge on any atom is -0.381 e. The highest BCUT2D eigenvalue weighted by Gasteiger charge is 2.17. The number of carbonyl (C=O) groups is 1. The Morgan fingerprint density at radius 1 is 1.56 bits per heavy atom. The second kappa shape index (κ2) is 6.30. The average Bonchev–Trinajstić information content (AvgIpc) is 2.90. The summed E-state index contributed by atoms with van der Waals surface area (Å²) in [6, 6.07) is 0. The number of nitrogens with zero attached hydrogens (tertiary/aromatic N) is 2. The molecule has 98 valence electrons. The Morgan fingerprint density at radius 3 is 3.17 bits per heavy atom. The minimum atomic E-state index is -0.186. The lowest BCUT2D eigenvalue weighted by Crippen LogP contribution is -2.30. The molecular formula is C12H18N4O2. The van der Waals surface area contributed by atoms with Gasteiger partial charge in [0.2, 0.25) is 0 Å². The van der Waals surface area contributed by atoms with E-state index in [4.69, 9.17) is 4.74 Å². The maximum atomic E-state index is 11.9. The average molecular weight is 250 g/mol. The van der Waals surface area contributed by atoms with Crippen molar-refractivity contribution >= 4 is 11.7 Å². The summed E-state index contributed by atoms with van der Waals surface area (Å²) in [5, 5.41) is 5.89. The SMILES string of the molecule is CCNc1cncc(C(=O)NCC2CCOC2)n1. The van der Waals surface area contributed by atoms with Crippen molar-refractivity contribution in [3.8, 4) is 0 Å². The number of ether oxygens (including phenoxy) is 1. The zero-order valence-electron chi connectivity index (χ0n) is 10.5. The quantitative estimate of drug-likeness (QED) is 0.803. The van der Waals surface area contributed by atoms with Crippen molar-refractivity contribution in [3.63, 3.8) is 0 Å². The third-order valence-electron chi connectivity index (χ3n) is 2.80. The van der Waals surface area contributed by atoms with Crippen LogP contribution in [0.1, 0.15) is 23.8 Å². The molecule has 2 rings (SSSR count). The van der Waals surface area contributed by atoms with Gasteiger partial charge in [0, 0.05) is 25.6 Å². The molecule has 6 nitrogen and oxygen atoms in total. The molecule has 1 aliphatic heterocycles. The highest BCUT2D eigenvalue weighted by molar-refractivity contribution is 5.92. The molecule has 1 amide bonds. The van der Waals surface area contributed by atoms with Gasteiger partial charge in [0.25, 0.3) is 5.91 Å². The van der Waals surface area contributed by atoms with Crippen LogP contribution in [0.15, 0.2) is 12.4 Å². The molecule has 1 fully saturated rings. The van der Waals surface area contributed by atoms with E-state index in [9.17, 15) is 4.79 Å². The maximum absolute atomic E-state index is 11.9. The lowest BCUT2D eigenvalue weighted by atomic mass is 10.1. The first-order valence-electron chi connectivity index (χ1n) is 6.21. The topological polar surface area (TPSA) is 76.1 Å².